The number of aryl methyl sites for hydroxylation is 1. The van der Waals surface area contributed by atoms with Crippen LogP contribution < -0.4 is 5.32 Å². The number of oxazole rings is 1. The molecule has 6 heteroatoms. The fraction of sp³-hybridized carbons (Fsp3) is 0.150. The van der Waals surface area contributed by atoms with Crippen molar-refractivity contribution in [2.45, 2.75) is 19.4 Å². The van der Waals surface area contributed by atoms with Crippen molar-refractivity contribution >= 4 is 16.9 Å². The molecule has 2 heterocycles. The molecule has 4 aromatic rings. The highest BCUT2D eigenvalue weighted by molar-refractivity contribution is 5.77. The van der Waals surface area contributed by atoms with Gasteiger partial charge in [-0.05, 0) is 12.1 Å². The van der Waals surface area contributed by atoms with Crippen LogP contribution in [-0.4, -0.2) is 20.9 Å². The van der Waals surface area contributed by atoms with Gasteiger partial charge in [-0.3, -0.25) is 4.79 Å². The molecule has 26 heavy (non-hydrogen) atoms. The Bertz CT molecular complexity index is 987. The van der Waals surface area contributed by atoms with Gasteiger partial charge in [-0.1, -0.05) is 42.5 Å². The van der Waals surface area contributed by atoms with Crippen molar-refractivity contribution in [3.8, 4) is 11.3 Å². The second kappa shape index (κ2) is 7.23. The topological polar surface area (TPSA) is 83.8 Å². The molecule has 0 atom stereocenters. The molecule has 0 saturated heterocycles. The fourth-order valence-corrected chi connectivity index (χ4v) is 2.74. The van der Waals surface area contributed by atoms with Gasteiger partial charge < -0.3 is 14.7 Å². The van der Waals surface area contributed by atoms with E-state index in [1.165, 1.54) is 0 Å². The minimum Gasteiger partial charge on any atom is -0.441 e. The van der Waals surface area contributed by atoms with E-state index in [1.807, 2.05) is 54.6 Å². The Hall–Kier alpha value is -3.41. The third-order valence-electron chi connectivity index (χ3n) is 4.07. The molecule has 1 amide bonds. The van der Waals surface area contributed by atoms with Gasteiger partial charge in [-0.25, -0.2) is 9.97 Å². The van der Waals surface area contributed by atoms with Gasteiger partial charge in [0.1, 0.15) is 5.82 Å². The maximum Gasteiger partial charge on any atom is 0.220 e. The lowest BCUT2D eigenvalue weighted by Crippen LogP contribution is -2.23. The van der Waals surface area contributed by atoms with E-state index < -0.39 is 0 Å². The molecule has 0 aliphatic carbocycles. The highest BCUT2D eigenvalue weighted by atomic mass is 16.4. The molecule has 2 aromatic heterocycles. The number of aromatic nitrogens is 3. The predicted molar refractivity (Wildman–Crippen MR) is 98.2 cm³/mol. The van der Waals surface area contributed by atoms with Crippen LogP contribution in [-0.2, 0) is 17.8 Å². The van der Waals surface area contributed by atoms with Crippen LogP contribution in [0.2, 0.25) is 0 Å². The number of amides is 1. The standard InChI is InChI=1S/C20H18N4O2/c25-19(21-13-18-23-15-8-4-5-9-16(15)24-18)10-11-20-22-12-17(26-20)14-6-2-1-3-7-14/h1-9,12H,10-11,13H2,(H,21,25)(H,23,24). The first kappa shape index (κ1) is 16.1. The number of benzene rings is 2. The highest BCUT2D eigenvalue weighted by Crippen LogP contribution is 2.20. The number of carbonyl (C=O) groups excluding carboxylic acids is 1. The summed E-state index contributed by atoms with van der Waals surface area (Å²) < 4.78 is 5.71. The van der Waals surface area contributed by atoms with Crippen molar-refractivity contribution in [1.29, 1.82) is 0 Å². The van der Waals surface area contributed by atoms with Crippen LogP contribution in [0.15, 0.2) is 65.2 Å². The van der Waals surface area contributed by atoms with E-state index in [0.717, 1.165) is 22.4 Å². The summed E-state index contributed by atoms with van der Waals surface area (Å²) in [5, 5.41) is 2.87. The van der Waals surface area contributed by atoms with Crippen molar-refractivity contribution in [1.82, 2.24) is 20.3 Å². The van der Waals surface area contributed by atoms with Crippen molar-refractivity contribution in [2.75, 3.05) is 0 Å². The molecule has 0 radical (unpaired) electrons. The number of para-hydroxylation sites is 2. The lowest BCUT2D eigenvalue weighted by atomic mass is 10.2. The Kier molecular flexibility index (Phi) is 4.47. The second-order valence-corrected chi connectivity index (χ2v) is 5.96. The molecule has 4 rings (SSSR count). The minimum atomic E-state index is -0.0649. The minimum absolute atomic E-state index is 0.0649. The average molecular weight is 346 g/mol. The van der Waals surface area contributed by atoms with Crippen LogP contribution >= 0.6 is 0 Å². The molecule has 130 valence electrons. The van der Waals surface area contributed by atoms with E-state index in [1.54, 1.807) is 6.20 Å². The number of nitrogens with one attached hydrogen (secondary N) is 2. The predicted octanol–water partition coefficient (Wildman–Crippen LogP) is 3.47. The summed E-state index contributed by atoms with van der Waals surface area (Å²) in [6.45, 7) is 0.369. The lowest BCUT2D eigenvalue weighted by Gasteiger charge is -2.01. The lowest BCUT2D eigenvalue weighted by molar-refractivity contribution is -0.121. The Morgan fingerprint density at radius 1 is 1.08 bits per heavy atom. The van der Waals surface area contributed by atoms with Crippen molar-refractivity contribution in [2.24, 2.45) is 0 Å². The number of hydrogen-bond donors (Lipinski definition) is 2. The number of aromatic amines is 1. The summed E-state index contributed by atoms with van der Waals surface area (Å²) in [5.74, 6) is 1.94. The summed E-state index contributed by atoms with van der Waals surface area (Å²) in [6, 6.07) is 17.5. The molecule has 0 aliphatic heterocycles. The molecule has 0 bridgehead atoms. The molecule has 0 aliphatic rings. The van der Waals surface area contributed by atoms with Crippen LogP contribution in [0, 0.1) is 0 Å². The first-order valence-electron chi connectivity index (χ1n) is 8.48. The number of hydrogen-bond acceptors (Lipinski definition) is 4. The second-order valence-electron chi connectivity index (χ2n) is 5.96. The Balaban J connectivity index is 1.29. The third kappa shape index (κ3) is 3.64. The Labute approximate surface area is 150 Å². The molecular weight excluding hydrogens is 328 g/mol. The van der Waals surface area contributed by atoms with Crippen LogP contribution in [0.25, 0.3) is 22.4 Å². The van der Waals surface area contributed by atoms with Crippen LogP contribution in [0.3, 0.4) is 0 Å². The van der Waals surface area contributed by atoms with Gasteiger partial charge in [0.15, 0.2) is 11.7 Å². The number of carbonyl (C=O) groups is 1. The number of H-pyrrole nitrogens is 1. The number of nitrogens with zero attached hydrogens (tertiary/aromatic N) is 2. The van der Waals surface area contributed by atoms with Crippen molar-refractivity contribution < 1.29 is 9.21 Å². The zero-order chi connectivity index (χ0) is 17.8. The summed E-state index contributed by atoms with van der Waals surface area (Å²) in [6.07, 6.45) is 2.46. The molecule has 0 fully saturated rings. The first-order chi connectivity index (χ1) is 12.8. The summed E-state index contributed by atoms with van der Waals surface area (Å²) in [4.78, 5) is 23.9. The van der Waals surface area contributed by atoms with Gasteiger partial charge in [0.25, 0.3) is 0 Å². The normalized spacial score (nSPS) is 10.9. The quantitative estimate of drug-likeness (QED) is 0.560. The molecule has 6 nitrogen and oxygen atoms in total. The maximum atomic E-state index is 12.1. The number of rotatable bonds is 6. The number of imidazole rings is 1. The zero-order valence-electron chi connectivity index (χ0n) is 14.1. The van der Waals surface area contributed by atoms with Gasteiger partial charge in [-0.15, -0.1) is 0 Å². The van der Waals surface area contributed by atoms with Crippen LogP contribution in [0.1, 0.15) is 18.1 Å². The number of fused-ring (bicyclic) bond motifs is 1. The summed E-state index contributed by atoms with van der Waals surface area (Å²) >= 11 is 0. The molecule has 2 N–H and O–H groups in total. The molecule has 0 unspecified atom stereocenters. The van der Waals surface area contributed by atoms with E-state index in [9.17, 15) is 4.79 Å². The highest BCUT2D eigenvalue weighted by Gasteiger charge is 2.09. The Morgan fingerprint density at radius 3 is 2.73 bits per heavy atom. The van der Waals surface area contributed by atoms with Gasteiger partial charge in [0.05, 0.1) is 23.8 Å². The third-order valence-corrected chi connectivity index (χ3v) is 4.07. The van der Waals surface area contributed by atoms with Crippen LogP contribution in [0.5, 0.6) is 0 Å². The van der Waals surface area contributed by atoms with Gasteiger partial charge in [0, 0.05) is 18.4 Å². The first-order valence-corrected chi connectivity index (χ1v) is 8.48. The summed E-state index contributed by atoms with van der Waals surface area (Å²) in [7, 11) is 0. The summed E-state index contributed by atoms with van der Waals surface area (Å²) in [5.41, 5.74) is 2.83. The van der Waals surface area contributed by atoms with E-state index in [2.05, 4.69) is 20.3 Å². The maximum absolute atomic E-state index is 12.1. The fourth-order valence-electron chi connectivity index (χ4n) is 2.74. The molecule has 2 aromatic carbocycles. The van der Waals surface area contributed by atoms with Crippen LogP contribution in [0.4, 0.5) is 0 Å². The molecular formula is C20H18N4O2. The van der Waals surface area contributed by atoms with Crippen molar-refractivity contribution in [3.05, 3.63) is 72.5 Å². The van der Waals surface area contributed by atoms with E-state index >= 15 is 0 Å². The van der Waals surface area contributed by atoms with E-state index in [0.29, 0.717) is 31.0 Å². The SMILES string of the molecule is O=C(CCc1ncc(-c2ccccc2)o1)NCc1nc2ccccc2[nH]1. The smallest absolute Gasteiger partial charge is 0.220 e. The average Bonchev–Trinajstić information content (AvgIpc) is 3.32. The largest absolute Gasteiger partial charge is 0.441 e. The molecule has 0 spiro atoms. The molecule has 0 saturated carbocycles. The van der Waals surface area contributed by atoms with Gasteiger partial charge >= 0.3 is 0 Å². The monoisotopic (exact) mass is 346 g/mol. The van der Waals surface area contributed by atoms with Crippen molar-refractivity contribution in [3.63, 3.8) is 0 Å². The van der Waals surface area contributed by atoms with Gasteiger partial charge in [0.2, 0.25) is 5.91 Å². The van der Waals surface area contributed by atoms with E-state index in [4.69, 9.17) is 4.42 Å². The van der Waals surface area contributed by atoms with E-state index in [-0.39, 0.29) is 5.91 Å². The zero-order valence-corrected chi connectivity index (χ0v) is 14.1. The van der Waals surface area contributed by atoms with Gasteiger partial charge in [-0.2, -0.15) is 0 Å². The Morgan fingerprint density at radius 2 is 1.88 bits per heavy atom.